The first-order valence-electron chi connectivity index (χ1n) is 8.18. The van der Waals surface area contributed by atoms with E-state index in [4.69, 9.17) is 4.74 Å². The fourth-order valence-electron chi connectivity index (χ4n) is 2.57. The van der Waals surface area contributed by atoms with Crippen LogP contribution in [0.5, 0.6) is 5.75 Å². The molecule has 0 aliphatic carbocycles. The minimum Gasteiger partial charge on any atom is -0.449 e. The molecule has 0 N–H and O–H groups in total. The lowest BCUT2D eigenvalue weighted by Gasteiger charge is -2.35. The Morgan fingerprint density at radius 1 is 1.00 bits per heavy atom. The number of alkyl halides is 3. The van der Waals surface area contributed by atoms with Crippen molar-refractivity contribution in [2.24, 2.45) is 0 Å². The number of halogens is 3. The number of carbonyl (C=O) groups is 3. The van der Waals surface area contributed by atoms with Gasteiger partial charge in [0, 0.05) is 33.1 Å². The standard InChI is InChI=1S/C17H19F3N2O5/c1-11(15(24)22-9-7-21(8-10-22)12(2)23)26-16(25)13-3-5-14(6-4-13)27-17(18,19)20/h3-6,11H,7-10H2,1-2H3. The summed E-state index contributed by atoms with van der Waals surface area (Å²) in [5.41, 5.74) is -0.00873. The van der Waals surface area contributed by atoms with Crippen molar-refractivity contribution in [3.8, 4) is 5.75 Å². The molecule has 0 bridgehead atoms. The zero-order valence-electron chi connectivity index (χ0n) is 14.8. The molecule has 2 rings (SSSR count). The number of carbonyl (C=O) groups excluding carboxylic acids is 3. The fourth-order valence-corrected chi connectivity index (χ4v) is 2.57. The van der Waals surface area contributed by atoms with E-state index >= 15 is 0 Å². The Hall–Kier alpha value is -2.78. The quantitative estimate of drug-likeness (QED) is 0.736. The zero-order chi connectivity index (χ0) is 20.2. The van der Waals surface area contributed by atoms with Gasteiger partial charge in [-0.1, -0.05) is 0 Å². The first-order valence-corrected chi connectivity index (χ1v) is 8.18. The van der Waals surface area contributed by atoms with Crippen molar-refractivity contribution in [2.45, 2.75) is 26.3 Å². The van der Waals surface area contributed by atoms with Crippen LogP contribution < -0.4 is 4.74 Å². The van der Waals surface area contributed by atoms with Crippen LogP contribution in [0.2, 0.25) is 0 Å². The summed E-state index contributed by atoms with van der Waals surface area (Å²) in [6.07, 6.45) is -5.89. The zero-order valence-corrected chi connectivity index (χ0v) is 14.8. The van der Waals surface area contributed by atoms with E-state index in [0.717, 1.165) is 24.3 Å². The van der Waals surface area contributed by atoms with Crippen molar-refractivity contribution in [1.82, 2.24) is 9.80 Å². The van der Waals surface area contributed by atoms with Crippen molar-refractivity contribution in [2.75, 3.05) is 26.2 Å². The van der Waals surface area contributed by atoms with E-state index in [1.807, 2.05) is 0 Å². The molecule has 0 radical (unpaired) electrons. The molecule has 148 valence electrons. The SMILES string of the molecule is CC(=O)N1CCN(C(=O)C(C)OC(=O)c2ccc(OC(F)(F)F)cc2)CC1. The average molecular weight is 388 g/mol. The number of ether oxygens (including phenoxy) is 2. The van der Waals surface area contributed by atoms with Crippen LogP contribution in [0.4, 0.5) is 13.2 Å². The van der Waals surface area contributed by atoms with Gasteiger partial charge in [0.1, 0.15) is 5.75 Å². The Labute approximate surface area is 153 Å². The van der Waals surface area contributed by atoms with Gasteiger partial charge < -0.3 is 19.3 Å². The summed E-state index contributed by atoms with van der Waals surface area (Å²) in [5, 5.41) is 0. The molecule has 0 aromatic heterocycles. The lowest BCUT2D eigenvalue weighted by atomic mass is 10.2. The molecule has 1 aromatic carbocycles. The van der Waals surface area contributed by atoms with Crippen LogP contribution in [0.15, 0.2) is 24.3 Å². The number of nitrogens with zero attached hydrogens (tertiary/aromatic N) is 2. The van der Waals surface area contributed by atoms with Crippen LogP contribution in [0.1, 0.15) is 24.2 Å². The van der Waals surface area contributed by atoms with Crippen LogP contribution in [-0.2, 0) is 14.3 Å². The molecule has 10 heteroatoms. The van der Waals surface area contributed by atoms with Gasteiger partial charge in [-0.2, -0.15) is 0 Å². The third kappa shape index (κ3) is 5.87. The van der Waals surface area contributed by atoms with Crippen molar-refractivity contribution in [3.63, 3.8) is 0 Å². The third-order valence-corrected chi connectivity index (χ3v) is 3.99. The second-order valence-electron chi connectivity index (χ2n) is 5.95. The van der Waals surface area contributed by atoms with Crippen LogP contribution >= 0.6 is 0 Å². The first-order chi connectivity index (χ1) is 12.6. The molecule has 1 unspecified atom stereocenters. The van der Waals surface area contributed by atoms with Crippen LogP contribution in [0.25, 0.3) is 0 Å². The number of benzene rings is 1. The molecule has 1 fully saturated rings. The van der Waals surface area contributed by atoms with Crippen LogP contribution in [-0.4, -0.2) is 66.2 Å². The highest BCUT2D eigenvalue weighted by molar-refractivity contribution is 5.92. The summed E-state index contributed by atoms with van der Waals surface area (Å²) in [7, 11) is 0. The van der Waals surface area contributed by atoms with Gasteiger partial charge >= 0.3 is 12.3 Å². The van der Waals surface area contributed by atoms with Gasteiger partial charge in [0.15, 0.2) is 6.10 Å². The molecule has 2 amide bonds. The van der Waals surface area contributed by atoms with Gasteiger partial charge in [-0.15, -0.1) is 13.2 Å². The highest BCUT2D eigenvalue weighted by Gasteiger charge is 2.31. The Kier molecular flexibility index (Phi) is 6.29. The Bertz CT molecular complexity index is 698. The number of esters is 1. The predicted molar refractivity (Wildman–Crippen MR) is 86.8 cm³/mol. The second-order valence-corrected chi connectivity index (χ2v) is 5.95. The largest absolute Gasteiger partial charge is 0.573 e. The molecule has 0 saturated carbocycles. The minimum absolute atomic E-state index is 0.00873. The van der Waals surface area contributed by atoms with E-state index in [0.29, 0.717) is 26.2 Å². The molecule has 1 heterocycles. The molecule has 0 spiro atoms. The third-order valence-electron chi connectivity index (χ3n) is 3.99. The maximum atomic E-state index is 12.4. The molecule has 1 aromatic rings. The van der Waals surface area contributed by atoms with E-state index in [-0.39, 0.29) is 11.5 Å². The molecule has 1 aliphatic rings. The normalized spacial score (nSPS) is 15.9. The highest BCUT2D eigenvalue weighted by atomic mass is 19.4. The lowest BCUT2D eigenvalue weighted by molar-refractivity contribution is -0.274. The van der Waals surface area contributed by atoms with E-state index in [1.165, 1.54) is 18.7 Å². The van der Waals surface area contributed by atoms with E-state index in [9.17, 15) is 27.6 Å². The average Bonchev–Trinajstić information content (AvgIpc) is 2.60. The Morgan fingerprint density at radius 3 is 2.00 bits per heavy atom. The van der Waals surface area contributed by atoms with Crippen molar-refractivity contribution >= 4 is 17.8 Å². The first kappa shape index (κ1) is 20.5. The van der Waals surface area contributed by atoms with Gasteiger partial charge in [0.05, 0.1) is 5.56 Å². The van der Waals surface area contributed by atoms with Crippen molar-refractivity contribution in [3.05, 3.63) is 29.8 Å². The number of piperazine rings is 1. The molecule has 1 saturated heterocycles. The smallest absolute Gasteiger partial charge is 0.449 e. The summed E-state index contributed by atoms with van der Waals surface area (Å²) < 4.78 is 45.2. The molecular weight excluding hydrogens is 369 g/mol. The van der Waals surface area contributed by atoms with Crippen LogP contribution in [0.3, 0.4) is 0 Å². The molecule has 27 heavy (non-hydrogen) atoms. The van der Waals surface area contributed by atoms with Gasteiger partial charge in [-0.3, -0.25) is 9.59 Å². The summed E-state index contributed by atoms with van der Waals surface area (Å²) in [6.45, 7) is 4.35. The maximum absolute atomic E-state index is 12.4. The minimum atomic E-state index is -4.82. The number of hydrogen-bond acceptors (Lipinski definition) is 5. The summed E-state index contributed by atoms with van der Waals surface area (Å²) >= 11 is 0. The Morgan fingerprint density at radius 2 is 1.52 bits per heavy atom. The van der Waals surface area contributed by atoms with Gasteiger partial charge in [-0.25, -0.2) is 4.79 Å². The topological polar surface area (TPSA) is 76.2 Å². The number of hydrogen-bond donors (Lipinski definition) is 0. The lowest BCUT2D eigenvalue weighted by Crippen LogP contribution is -2.52. The summed E-state index contributed by atoms with van der Waals surface area (Å²) in [6, 6.07) is 4.20. The van der Waals surface area contributed by atoms with Gasteiger partial charge in [0.25, 0.3) is 5.91 Å². The van der Waals surface area contributed by atoms with Gasteiger partial charge in [-0.05, 0) is 31.2 Å². The van der Waals surface area contributed by atoms with Crippen molar-refractivity contribution in [1.29, 1.82) is 0 Å². The molecule has 1 atom stereocenters. The Balaban J connectivity index is 1.89. The summed E-state index contributed by atoms with van der Waals surface area (Å²) in [4.78, 5) is 38.8. The monoisotopic (exact) mass is 388 g/mol. The van der Waals surface area contributed by atoms with Gasteiger partial charge in [0.2, 0.25) is 5.91 Å². The number of amides is 2. The fraction of sp³-hybridized carbons (Fsp3) is 0.471. The predicted octanol–water partition coefficient (Wildman–Crippen LogP) is 1.82. The van der Waals surface area contributed by atoms with Crippen molar-refractivity contribution < 1.29 is 37.0 Å². The molecule has 1 aliphatic heterocycles. The maximum Gasteiger partial charge on any atom is 0.573 e. The van der Waals surface area contributed by atoms with Crippen LogP contribution in [0, 0.1) is 0 Å². The van der Waals surface area contributed by atoms with E-state index in [1.54, 1.807) is 4.90 Å². The van der Waals surface area contributed by atoms with E-state index < -0.39 is 30.1 Å². The highest BCUT2D eigenvalue weighted by Crippen LogP contribution is 2.23. The molecule has 7 nitrogen and oxygen atoms in total. The van der Waals surface area contributed by atoms with E-state index in [2.05, 4.69) is 4.74 Å². The number of rotatable bonds is 4. The molecular formula is C17H19F3N2O5. The second kappa shape index (κ2) is 8.28. The summed E-state index contributed by atoms with van der Waals surface area (Å²) in [5.74, 6) is -1.77.